The molecular formula is C30H28F2N4O4. The zero-order valence-corrected chi connectivity index (χ0v) is 22.4. The molecule has 1 aromatic heterocycles. The van der Waals surface area contributed by atoms with Crippen molar-refractivity contribution in [1.29, 1.82) is 0 Å². The molecule has 1 amide bonds. The summed E-state index contributed by atoms with van der Waals surface area (Å²) < 4.78 is 44.1. The minimum atomic E-state index is -3.73. The third-order valence-corrected chi connectivity index (χ3v) is 7.09. The molecule has 0 fully saturated rings. The fraction of sp³-hybridized carbons (Fsp3) is 0.267. The monoisotopic (exact) mass is 546 g/mol. The molecule has 206 valence electrons. The van der Waals surface area contributed by atoms with Gasteiger partial charge < -0.3 is 24.0 Å². The summed E-state index contributed by atoms with van der Waals surface area (Å²) in [5.74, 6) is 0.115. The number of ether oxygens (including phenoxy) is 3. The highest BCUT2D eigenvalue weighted by molar-refractivity contribution is 6.06. The number of carbonyl (C=O) groups is 1. The predicted octanol–water partition coefficient (Wildman–Crippen LogP) is 5.35. The first-order valence-electron chi connectivity index (χ1n) is 12.9. The van der Waals surface area contributed by atoms with Crippen molar-refractivity contribution in [3.8, 4) is 23.1 Å². The molecule has 0 radical (unpaired) electrons. The minimum Gasteiger partial charge on any atom is -0.472 e. The zero-order chi connectivity index (χ0) is 28.0. The molecule has 0 N–H and O–H groups in total. The van der Waals surface area contributed by atoms with Gasteiger partial charge in [-0.15, -0.1) is 8.78 Å². The van der Waals surface area contributed by atoms with Gasteiger partial charge in [-0.2, -0.15) is 5.10 Å². The summed E-state index contributed by atoms with van der Waals surface area (Å²) in [4.78, 5) is 17.1. The second kappa shape index (κ2) is 9.95. The second-order valence-electron chi connectivity index (χ2n) is 10.1. The van der Waals surface area contributed by atoms with Gasteiger partial charge >= 0.3 is 6.29 Å². The maximum absolute atomic E-state index is 13.5. The number of anilines is 1. The molecule has 0 spiro atoms. The normalized spacial score (nSPS) is 15.5. The first-order valence-corrected chi connectivity index (χ1v) is 12.9. The lowest BCUT2D eigenvalue weighted by atomic mass is 10.1. The lowest BCUT2D eigenvalue weighted by Gasteiger charge is -2.22. The molecule has 0 unspecified atom stereocenters. The number of carbonyl (C=O) groups excluding carboxylic acids is 1. The Morgan fingerprint density at radius 3 is 2.65 bits per heavy atom. The van der Waals surface area contributed by atoms with Gasteiger partial charge in [-0.05, 0) is 49.9 Å². The fourth-order valence-corrected chi connectivity index (χ4v) is 4.87. The summed E-state index contributed by atoms with van der Waals surface area (Å²) in [5.41, 5.74) is 5.70. The summed E-state index contributed by atoms with van der Waals surface area (Å²) >= 11 is 0. The average molecular weight is 547 g/mol. The minimum absolute atomic E-state index is 0.0805. The Hall–Kier alpha value is -4.44. The predicted molar refractivity (Wildman–Crippen MR) is 144 cm³/mol. The van der Waals surface area contributed by atoms with Crippen LogP contribution in [0.15, 0.2) is 66.7 Å². The van der Waals surface area contributed by atoms with Crippen LogP contribution in [-0.2, 0) is 19.6 Å². The van der Waals surface area contributed by atoms with Crippen molar-refractivity contribution in [2.24, 2.45) is 0 Å². The van der Waals surface area contributed by atoms with Crippen LogP contribution in [-0.4, -0.2) is 47.5 Å². The Balaban J connectivity index is 1.29. The molecule has 4 aromatic rings. The highest BCUT2D eigenvalue weighted by atomic mass is 19.3. The van der Waals surface area contributed by atoms with E-state index in [2.05, 4.69) is 33.6 Å². The number of nitrogens with zero attached hydrogens (tertiary/aromatic N) is 4. The van der Waals surface area contributed by atoms with E-state index in [1.807, 2.05) is 25.1 Å². The second-order valence-corrected chi connectivity index (χ2v) is 10.1. The van der Waals surface area contributed by atoms with Crippen LogP contribution in [0.3, 0.4) is 0 Å². The Bertz CT molecular complexity index is 1590. The maximum Gasteiger partial charge on any atom is 0.586 e. The summed E-state index contributed by atoms with van der Waals surface area (Å²) in [6.45, 7) is 4.03. The van der Waals surface area contributed by atoms with Gasteiger partial charge in [0.1, 0.15) is 6.61 Å². The van der Waals surface area contributed by atoms with E-state index in [1.54, 1.807) is 29.9 Å². The first-order chi connectivity index (χ1) is 19.2. The van der Waals surface area contributed by atoms with Gasteiger partial charge in [-0.1, -0.05) is 35.9 Å². The molecule has 0 saturated heterocycles. The molecule has 3 aromatic carbocycles. The van der Waals surface area contributed by atoms with Crippen molar-refractivity contribution in [1.82, 2.24) is 14.7 Å². The summed E-state index contributed by atoms with van der Waals surface area (Å²) in [7, 11) is 3.64. The van der Waals surface area contributed by atoms with Gasteiger partial charge in [0.25, 0.3) is 5.91 Å². The maximum atomic E-state index is 13.5. The van der Waals surface area contributed by atoms with Crippen LogP contribution in [0.1, 0.15) is 32.7 Å². The van der Waals surface area contributed by atoms with E-state index in [0.717, 1.165) is 29.8 Å². The standard InChI is InChI=1S/C30H28F2N4O4/c1-19-7-9-20(10-8-19)18-38-29-24-17-34(2)14-13-25(24)33-36(29)23-6-4-5-21(15-23)28(37)35(3)22-11-12-26-27(16-22)40-30(31,32)39-26/h4-12,15-16H,13-14,17-18H2,1-3H3. The van der Waals surface area contributed by atoms with Crippen molar-refractivity contribution in [2.75, 3.05) is 25.5 Å². The number of halogens is 2. The number of fused-ring (bicyclic) bond motifs is 2. The van der Waals surface area contributed by atoms with Gasteiger partial charge in [0.05, 0.1) is 16.9 Å². The number of hydrogen-bond acceptors (Lipinski definition) is 6. The summed E-state index contributed by atoms with van der Waals surface area (Å²) in [5, 5.41) is 4.88. The number of rotatable bonds is 6. The number of aromatic nitrogens is 2. The van der Waals surface area contributed by atoms with Crippen LogP contribution in [0, 0.1) is 6.92 Å². The molecule has 40 heavy (non-hydrogen) atoms. The van der Waals surface area contributed by atoms with Gasteiger partial charge in [0.15, 0.2) is 11.5 Å². The Morgan fingerprint density at radius 2 is 1.85 bits per heavy atom. The molecule has 6 rings (SSSR count). The third kappa shape index (κ3) is 4.98. The molecule has 0 bridgehead atoms. The van der Waals surface area contributed by atoms with Gasteiger partial charge in [0, 0.05) is 43.9 Å². The number of alkyl halides is 2. The van der Waals surface area contributed by atoms with Crippen LogP contribution in [0.2, 0.25) is 0 Å². The van der Waals surface area contributed by atoms with Crippen molar-refractivity contribution in [3.05, 3.63) is 94.7 Å². The first kappa shape index (κ1) is 25.8. The van der Waals surface area contributed by atoms with Crippen molar-refractivity contribution in [3.63, 3.8) is 0 Å². The molecule has 0 saturated carbocycles. The summed E-state index contributed by atoms with van der Waals surface area (Å²) in [6, 6.07) is 19.5. The molecule has 8 nitrogen and oxygen atoms in total. The van der Waals surface area contributed by atoms with Crippen molar-refractivity contribution in [2.45, 2.75) is 32.8 Å². The summed E-state index contributed by atoms with van der Waals surface area (Å²) in [6.07, 6.45) is -2.93. The van der Waals surface area contributed by atoms with Crippen LogP contribution in [0.5, 0.6) is 17.4 Å². The average Bonchev–Trinajstić information content (AvgIpc) is 3.46. The van der Waals surface area contributed by atoms with Crippen molar-refractivity contribution >= 4 is 11.6 Å². The molecule has 3 heterocycles. The van der Waals surface area contributed by atoms with Crippen LogP contribution < -0.4 is 19.1 Å². The molecule has 10 heteroatoms. The highest BCUT2D eigenvalue weighted by Gasteiger charge is 2.43. The molecule has 0 atom stereocenters. The lowest BCUT2D eigenvalue weighted by Crippen LogP contribution is -2.26. The van der Waals surface area contributed by atoms with Gasteiger partial charge in [0.2, 0.25) is 5.88 Å². The molecule has 0 aliphatic carbocycles. The molecular weight excluding hydrogens is 518 g/mol. The van der Waals surface area contributed by atoms with Crippen LogP contribution in [0.25, 0.3) is 5.69 Å². The highest BCUT2D eigenvalue weighted by Crippen LogP contribution is 2.43. The Labute approximate surface area is 230 Å². The van der Waals surface area contributed by atoms with Crippen LogP contribution >= 0.6 is 0 Å². The number of aryl methyl sites for hydroxylation is 1. The third-order valence-electron chi connectivity index (χ3n) is 7.09. The molecule has 2 aliphatic rings. The fourth-order valence-electron chi connectivity index (χ4n) is 4.87. The van der Waals surface area contributed by atoms with E-state index in [4.69, 9.17) is 9.84 Å². The number of benzene rings is 3. The van der Waals surface area contributed by atoms with Gasteiger partial charge in [-0.3, -0.25) is 4.79 Å². The van der Waals surface area contributed by atoms with E-state index >= 15 is 0 Å². The van der Waals surface area contributed by atoms with E-state index in [-0.39, 0.29) is 17.4 Å². The SMILES string of the molecule is Cc1ccc(COc2c3c(nn2-c2cccc(C(=O)N(C)c4ccc5c(c4)OC(F)(F)O5)c2)CCN(C)C3)cc1. The van der Waals surface area contributed by atoms with Crippen molar-refractivity contribution < 1.29 is 27.8 Å². The number of hydrogen-bond donors (Lipinski definition) is 0. The van der Waals surface area contributed by atoms with Crippen LogP contribution in [0.4, 0.5) is 14.5 Å². The molecule has 2 aliphatic heterocycles. The number of amides is 1. The van der Waals surface area contributed by atoms with E-state index in [0.29, 0.717) is 36.0 Å². The van der Waals surface area contributed by atoms with E-state index in [9.17, 15) is 13.6 Å². The Morgan fingerprint density at radius 1 is 1.07 bits per heavy atom. The Kier molecular flexibility index (Phi) is 6.42. The lowest BCUT2D eigenvalue weighted by molar-refractivity contribution is -0.286. The largest absolute Gasteiger partial charge is 0.586 e. The quantitative estimate of drug-likeness (QED) is 0.325. The zero-order valence-electron chi connectivity index (χ0n) is 22.4. The number of likely N-dealkylation sites (N-methyl/N-ethyl adjacent to an activating group) is 1. The van der Waals surface area contributed by atoms with E-state index in [1.165, 1.54) is 28.7 Å². The van der Waals surface area contributed by atoms with E-state index < -0.39 is 6.29 Å². The van der Waals surface area contributed by atoms with Gasteiger partial charge in [-0.25, -0.2) is 4.68 Å². The topological polar surface area (TPSA) is 69.1 Å². The smallest absolute Gasteiger partial charge is 0.472 e.